The van der Waals surface area contributed by atoms with Crippen LogP contribution in [0.25, 0.3) is 0 Å². The van der Waals surface area contributed by atoms with E-state index in [4.69, 9.17) is 0 Å². The van der Waals surface area contributed by atoms with Crippen LogP contribution in [0.5, 0.6) is 0 Å². The van der Waals surface area contributed by atoms with Crippen molar-refractivity contribution < 1.29 is 4.92 Å². The smallest absolute Gasteiger partial charge is 0.274 e. The van der Waals surface area contributed by atoms with E-state index in [1.807, 2.05) is 24.3 Å². The maximum absolute atomic E-state index is 11.0. The van der Waals surface area contributed by atoms with Crippen molar-refractivity contribution in [2.75, 3.05) is 5.32 Å². The molecule has 110 valence electrons. The first-order chi connectivity index (χ1) is 9.99. The van der Waals surface area contributed by atoms with Gasteiger partial charge in [0.1, 0.15) is 0 Å². The molecular weight excluding hydrogens is 264 g/mol. The molecule has 0 radical (unpaired) electrons. The number of nitrogens with zero attached hydrogens (tertiary/aromatic N) is 1. The van der Waals surface area contributed by atoms with Gasteiger partial charge in [0.05, 0.1) is 11.0 Å². The first-order valence-electron chi connectivity index (χ1n) is 7.05. The highest BCUT2D eigenvalue weighted by Gasteiger charge is 2.17. The number of nitro groups is 1. The highest BCUT2D eigenvalue weighted by atomic mass is 16.6. The molecule has 0 aliphatic rings. The lowest BCUT2D eigenvalue weighted by Crippen LogP contribution is -2.16. The third kappa shape index (κ3) is 3.60. The molecule has 21 heavy (non-hydrogen) atoms. The van der Waals surface area contributed by atoms with Gasteiger partial charge in [-0.1, -0.05) is 50.2 Å². The maximum atomic E-state index is 11.0. The minimum atomic E-state index is -0.340. The fraction of sp³-hybridized carbons (Fsp3) is 0.294. The van der Waals surface area contributed by atoms with Crippen LogP contribution in [-0.4, -0.2) is 4.92 Å². The van der Waals surface area contributed by atoms with E-state index in [-0.39, 0.29) is 16.7 Å². The minimum Gasteiger partial charge on any atom is -0.378 e. The van der Waals surface area contributed by atoms with Crippen LogP contribution in [-0.2, 0) is 0 Å². The molecule has 0 spiro atoms. The highest BCUT2D eigenvalue weighted by Crippen LogP contribution is 2.29. The number of nitrogens with one attached hydrogen (secondary N) is 1. The summed E-state index contributed by atoms with van der Waals surface area (Å²) in [6.45, 7) is 6.01. The largest absolute Gasteiger partial charge is 0.378 e. The Kier molecular flexibility index (Phi) is 4.58. The fourth-order valence-corrected chi connectivity index (χ4v) is 2.37. The number of benzene rings is 2. The van der Waals surface area contributed by atoms with Crippen LogP contribution in [0, 0.1) is 23.0 Å². The van der Waals surface area contributed by atoms with Gasteiger partial charge >= 0.3 is 0 Å². The van der Waals surface area contributed by atoms with Gasteiger partial charge in [-0.05, 0) is 24.5 Å². The van der Waals surface area contributed by atoms with Crippen molar-refractivity contribution in [2.24, 2.45) is 5.92 Å². The molecule has 0 fully saturated rings. The van der Waals surface area contributed by atoms with E-state index in [1.165, 1.54) is 5.56 Å². The molecule has 0 heterocycles. The molecule has 1 N–H and O–H groups in total. The van der Waals surface area contributed by atoms with E-state index >= 15 is 0 Å². The average molecular weight is 284 g/mol. The molecule has 2 aromatic carbocycles. The van der Waals surface area contributed by atoms with E-state index in [0.717, 1.165) is 5.69 Å². The number of nitro benzene ring substituents is 1. The van der Waals surface area contributed by atoms with E-state index in [1.54, 1.807) is 19.1 Å². The Morgan fingerprint density at radius 3 is 2.33 bits per heavy atom. The lowest BCUT2D eigenvalue weighted by molar-refractivity contribution is -0.385. The van der Waals surface area contributed by atoms with E-state index < -0.39 is 0 Å². The monoisotopic (exact) mass is 284 g/mol. The van der Waals surface area contributed by atoms with E-state index in [2.05, 4.69) is 31.3 Å². The van der Waals surface area contributed by atoms with Gasteiger partial charge in [0.2, 0.25) is 0 Å². The number of hydrogen-bond donors (Lipinski definition) is 1. The van der Waals surface area contributed by atoms with Crippen molar-refractivity contribution in [3.63, 3.8) is 0 Å². The summed E-state index contributed by atoms with van der Waals surface area (Å²) in [7, 11) is 0. The number of rotatable bonds is 5. The SMILES string of the molecule is Cc1ccc(NC(c2ccccc2)C(C)C)cc1[N+](=O)[O-]. The third-order valence-corrected chi connectivity index (χ3v) is 3.55. The van der Waals surface area contributed by atoms with Crippen molar-refractivity contribution in [3.8, 4) is 0 Å². The summed E-state index contributed by atoms with van der Waals surface area (Å²) < 4.78 is 0. The van der Waals surface area contributed by atoms with Gasteiger partial charge in [-0.3, -0.25) is 10.1 Å². The molecule has 1 atom stereocenters. The standard InChI is InChI=1S/C17H20N2O2/c1-12(2)17(14-7-5-4-6-8-14)18-15-10-9-13(3)16(11-15)19(20)21/h4-12,17-18H,1-3H3. The zero-order valence-electron chi connectivity index (χ0n) is 12.5. The van der Waals surface area contributed by atoms with Gasteiger partial charge in [0, 0.05) is 17.3 Å². The molecule has 0 aliphatic heterocycles. The van der Waals surface area contributed by atoms with Crippen LogP contribution in [0.15, 0.2) is 48.5 Å². The Bertz CT molecular complexity index is 624. The molecule has 4 nitrogen and oxygen atoms in total. The molecule has 2 aromatic rings. The lowest BCUT2D eigenvalue weighted by atomic mass is 9.95. The summed E-state index contributed by atoms with van der Waals surface area (Å²) in [4.78, 5) is 10.7. The molecule has 0 aromatic heterocycles. The van der Waals surface area contributed by atoms with Gasteiger partial charge in [-0.2, -0.15) is 0 Å². The second kappa shape index (κ2) is 6.39. The molecule has 4 heteroatoms. The van der Waals surface area contributed by atoms with Crippen molar-refractivity contribution in [3.05, 3.63) is 69.8 Å². The van der Waals surface area contributed by atoms with Crippen molar-refractivity contribution in [2.45, 2.75) is 26.8 Å². The van der Waals surface area contributed by atoms with Crippen molar-refractivity contribution in [1.29, 1.82) is 0 Å². The van der Waals surface area contributed by atoms with Crippen LogP contribution >= 0.6 is 0 Å². The minimum absolute atomic E-state index is 0.119. The Hall–Kier alpha value is -2.36. The zero-order valence-corrected chi connectivity index (χ0v) is 12.5. The predicted octanol–water partition coefficient (Wildman–Crippen LogP) is 4.71. The van der Waals surface area contributed by atoms with Gasteiger partial charge in [-0.25, -0.2) is 0 Å². The summed E-state index contributed by atoms with van der Waals surface area (Å²) in [6, 6.07) is 15.5. The Morgan fingerprint density at radius 1 is 1.10 bits per heavy atom. The molecule has 0 saturated heterocycles. The maximum Gasteiger partial charge on any atom is 0.274 e. The van der Waals surface area contributed by atoms with Crippen LogP contribution < -0.4 is 5.32 Å². The predicted molar refractivity (Wildman–Crippen MR) is 85.5 cm³/mol. The summed E-state index contributed by atoms with van der Waals surface area (Å²) in [5, 5.41) is 14.5. The Morgan fingerprint density at radius 2 is 1.76 bits per heavy atom. The second-order valence-electron chi connectivity index (χ2n) is 5.54. The van der Waals surface area contributed by atoms with E-state index in [0.29, 0.717) is 11.5 Å². The average Bonchev–Trinajstić information content (AvgIpc) is 2.46. The van der Waals surface area contributed by atoms with Crippen LogP contribution in [0.4, 0.5) is 11.4 Å². The zero-order chi connectivity index (χ0) is 15.4. The summed E-state index contributed by atoms with van der Waals surface area (Å²) in [6.07, 6.45) is 0. The lowest BCUT2D eigenvalue weighted by Gasteiger charge is -2.24. The van der Waals surface area contributed by atoms with E-state index in [9.17, 15) is 10.1 Å². The van der Waals surface area contributed by atoms with Crippen LogP contribution in [0.3, 0.4) is 0 Å². The Labute approximate surface area is 125 Å². The Balaban J connectivity index is 2.30. The molecular formula is C17H20N2O2. The van der Waals surface area contributed by atoms with Crippen molar-refractivity contribution in [1.82, 2.24) is 0 Å². The van der Waals surface area contributed by atoms with Gasteiger partial charge < -0.3 is 5.32 Å². The van der Waals surface area contributed by atoms with Crippen LogP contribution in [0.2, 0.25) is 0 Å². The van der Waals surface area contributed by atoms with Crippen LogP contribution in [0.1, 0.15) is 31.0 Å². The summed E-state index contributed by atoms with van der Waals surface area (Å²) in [5.41, 5.74) is 2.77. The van der Waals surface area contributed by atoms with Gasteiger partial charge in [0.15, 0.2) is 0 Å². The highest BCUT2D eigenvalue weighted by molar-refractivity contribution is 5.56. The number of anilines is 1. The molecule has 0 saturated carbocycles. The molecule has 1 unspecified atom stereocenters. The molecule has 0 aliphatic carbocycles. The molecule has 0 amide bonds. The van der Waals surface area contributed by atoms with Gasteiger partial charge in [-0.15, -0.1) is 0 Å². The first-order valence-corrected chi connectivity index (χ1v) is 7.05. The summed E-state index contributed by atoms with van der Waals surface area (Å²) >= 11 is 0. The number of aryl methyl sites for hydroxylation is 1. The summed E-state index contributed by atoms with van der Waals surface area (Å²) in [5.74, 6) is 0.368. The normalized spacial score (nSPS) is 12.2. The molecule has 0 bridgehead atoms. The topological polar surface area (TPSA) is 55.2 Å². The number of hydrogen-bond acceptors (Lipinski definition) is 3. The first kappa shape index (κ1) is 15.0. The second-order valence-corrected chi connectivity index (χ2v) is 5.54. The fourth-order valence-electron chi connectivity index (χ4n) is 2.37. The third-order valence-electron chi connectivity index (χ3n) is 3.55. The quantitative estimate of drug-likeness (QED) is 0.639. The van der Waals surface area contributed by atoms with Gasteiger partial charge in [0.25, 0.3) is 5.69 Å². The van der Waals surface area contributed by atoms with Crippen molar-refractivity contribution >= 4 is 11.4 Å². The molecule has 2 rings (SSSR count).